The zero-order valence-electron chi connectivity index (χ0n) is 7.93. The average molecular weight is 179 g/mol. The molecule has 1 nitrogen and oxygen atoms in total. The summed E-state index contributed by atoms with van der Waals surface area (Å²) in [6.45, 7) is 8.07. The van der Waals surface area contributed by atoms with Gasteiger partial charge in [-0.25, -0.2) is 0 Å². The second-order valence-electron chi connectivity index (χ2n) is 3.56. The minimum atomic E-state index is -0.338. The zero-order valence-corrected chi connectivity index (χ0v) is 8.75. The summed E-state index contributed by atoms with van der Waals surface area (Å²) in [6.07, 6.45) is 0. The maximum Gasteiger partial charge on any atom is 0.0777 e. The van der Waals surface area contributed by atoms with Gasteiger partial charge in [0, 0.05) is 9.75 Å². The summed E-state index contributed by atoms with van der Waals surface area (Å²) < 4.78 is 0. The summed E-state index contributed by atoms with van der Waals surface area (Å²) in [4.78, 5) is 2.55. The minimum absolute atomic E-state index is 0.338. The molecular formula is C10H13NS. The number of rotatable bonds is 1. The molecule has 1 rings (SSSR count). The molecule has 0 unspecified atom stereocenters. The van der Waals surface area contributed by atoms with Crippen molar-refractivity contribution < 1.29 is 0 Å². The van der Waals surface area contributed by atoms with Gasteiger partial charge in [0.25, 0.3) is 0 Å². The highest BCUT2D eigenvalue weighted by atomic mass is 32.1. The third-order valence-electron chi connectivity index (χ3n) is 1.99. The van der Waals surface area contributed by atoms with Crippen molar-refractivity contribution in [2.75, 3.05) is 0 Å². The summed E-state index contributed by atoms with van der Waals surface area (Å²) in [7, 11) is 0. The van der Waals surface area contributed by atoms with E-state index in [1.807, 2.05) is 13.8 Å². The van der Waals surface area contributed by atoms with Crippen LogP contribution in [0, 0.1) is 25.2 Å². The number of aryl methyl sites for hydroxylation is 2. The van der Waals surface area contributed by atoms with Gasteiger partial charge in [-0.3, -0.25) is 0 Å². The topological polar surface area (TPSA) is 23.8 Å². The van der Waals surface area contributed by atoms with Crippen molar-refractivity contribution in [1.82, 2.24) is 0 Å². The first kappa shape index (κ1) is 9.28. The van der Waals surface area contributed by atoms with Gasteiger partial charge in [-0.2, -0.15) is 5.26 Å². The minimum Gasteiger partial charge on any atom is -0.197 e. The number of thiophene rings is 1. The Morgan fingerprint density at radius 1 is 1.42 bits per heavy atom. The van der Waals surface area contributed by atoms with Gasteiger partial charge >= 0.3 is 0 Å². The van der Waals surface area contributed by atoms with Gasteiger partial charge in [0.1, 0.15) is 0 Å². The number of nitrogens with zero attached hydrogens (tertiary/aromatic N) is 1. The Bertz CT molecular complexity index is 328. The van der Waals surface area contributed by atoms with E-state index in [-0.39, 0.29) is 5.41 Å². The molecule has 0 aromatic carbocycles. The Hall–Kier alpha value is -0.810. The fourth-order valence-corrected chi connectivity index (χ4v) is 2.40. The van der Waals surface area contributed by atoms with E-state index >= 15 is 0 Å². The molecule has 0 radical (unpaired) electrons. The lowest BCUT2D eigenvalue weighted by atomic mass is 9.87. The number of hydrogen-bond acceptors (Lipinski definition) is 2. The van der Waals surface area contributed by atoms with Crippen LogP contribution in [0.15, 0.2) is 6.07 Å². The fourth-order valence-electron chi connectivity index (χ4n) is 1.31. The van der Waals surface area contributed by atoms with Crippen molar-refractivity contribution >= 4 is 11.3 Å². The molecule has 0 fully saturated rings. The van der Waals surface area contributed by atoms with Crippen molar-refractivity contribution in [3.63, 3.8) is 0 Å². The van der Waals surface area contributed by atoms with Crippen molar-refractivity contribution in [2.24, 2.45) is 0 Å². The monoisotopic (exact) mass is 179 g/mol. The molecule has 0 aliphatic carbocycles. The lowest BCUT2D eigenvalue weighted by Crippen LogP contribution is -2.13. The fraction of sp³-hybridized carbons (Fsp3) is 0.500. The Morgan fingerprint density at radius 2 is 2.00 bits per heavy atom. The highest BCUT2D eigenvalue weighted by molar-refractivity contribution is 7.12. The normalized spacial score (nSPS) is 11.2. The maximum absolute atomic E-state index is 8.94. The first-order valence-electron chi connectivity index (χ1n) is 3.96. The first-order chi connectivity index (χ1) is 5.47. The van der Waals surface area contributed by atoms with Crippen LogP contribution in [-0.4, -0.2) is 0 Å². The van der Waals surface area contributed by atoms with Crippen LogP contribution in [0.2, 0.25) is 0 Å². The van der Waals surface area contributed by atoms with Crippen LogP contribution >= 0.6 is 11.3 Å². The molecule has 2 heteroatoms. The Kier molecular flexibility index (Phi) is 2.25. The van der Waals surface area contributed by atoms with E-state index in [1.165, 1.54) is 15.3 Å². The molecule has 0 saturated carbocycles. The molecule has 64 valence electrons. The summed E-state index contributed by atoms with van der Waals surface area (Å²) in [6, 6.07) is 4.43. The van der Waals surface area contributed by atoms with Gasteiger partial charge in [-0.05, 0) is 39.3 Å². The molecule has 12 heavy (non-hydrogen) atoms. The molecule has 0 saturated heterocycles. The molecule has 0 spiro atoms. The quantitative estimate of drug-likeness (QED) is 0.649. The summed E-state index contributed by atoms with van der Waals surface area (Å²) in [5.74, 6) is 0. The van der Waals surface area contributed by atoms with Crippen LogP contribution < -0.4 is 0 Å². The number of hydrogen-bond donors (Lipinski definition) is 0. The first-order valence-corrected chi connectivity index (χ1v) is 4.78. The van der Waals surface area contributed by atoms with Gasteiger partial charge in [0.15, 0.2) is 0 Å². The van der Waals surface area contributed by atoms with Crippen LogP contribution in [0.5, 0.6) is 0 Å². The molecule has 1 aromatic heterocycles. The van der Waals surface area contributed by atoms with Crippen molar-refractivity contribution in [3.05, 3.63) is 21.4 Å². The van der Waals surface area contributed by atoms with Crippen LogP contribution in [-0.2, 0) is 5.41 Å². The van der Waals surface area contributed by atoms with Crippen LogP contribution in [0.4, 0.5) is 0 Å². The average Bonchev–Trinajstić information content (AvgIpc) is 2.31. The second kappa shape index (κ2) is 2.91. The molecule has 0 aliphatic rings. The molecule has 0 atom stereocenters. The van der Waals surface area contributed by atoms with Crippen molar-refractivity contribution in [3.8, 4) is 6.07 Å². The van der Waals surface area contributed by atoms with E-state index < -0.39 is 0 Å². The van der Waals surface area contributed by atoms with Crippen molar-refractivity contribution in [2.45, 2.75) is 33.1 Å². The molecule has 0 N–H and O–H groups in total. The predicted molar refractivity (Wildman–Crippen MR) is 52.4 cm³/mol. The molecule has 0 amide bonds. The van der Waals surface area contributed by atoms with Gasteiger partial charge in [-0.15, -0.1) is 11.3 Å². The standard InChI is InChI=1S/C10H13NS/c1-7-5-9(8(2)12-7)10(3,4)6-11/h5H,1-4H3. The van der Waals surface area contributed by atoms with Crippen LogP contribution in [0.3, 0.4) is 0 Å². The smallest absolute Gasteiger partial charge is 0.0777 e. The summed E-state index contributed by atoms with van der Waals surface area (Å²) in [5, 5.41) is 8.94. The van der Waals surface area contributed by atoms with E-state index in [2.05, 4.69) is 26.0 Å². The molecular weight excluding hydrogens is 166 g/mol. The molecule has 0 bridgehead atoms. The zero-order chi connectivity index (χ0) is 9.35. The van der Waals surface area contributed by atoms with Gasteiger partial charge in [0.05, 0.1) is 11.5 Å². The highest BCUT2D eigenvalue weighted by Crippen LogP contribution is 2.31. The Balaban J connectivity index is 3.21. The molecule has 1 aromatic rings. The van der Waals surface area contributed by atoms with Gasteiger partial charge in [-0.1, -0.05) is 0 Å². The Morgan fingerprint density at radius 3 is 2.33 bits per heavy atom. The third-order valence-corrected chi connectivity index (χ3v) is 2.96. The van der Waals surface area contributed by atoms with Crippen LogP contribution in [0.25, 0.3) is 0 Å². The van der Waals surface area contributed by atoms with E-state index in [0.717, 1.165) is 0 Å². The summed E-state index contributed by atoms with van der Waals surface area (Å²) in [5.41, 5.74) is 0.835. The lowest BCUT2D eigenvalue weighted by molar-refractivity contribution is 0.685. The lowest BCUT2D eigenvalue weighted by Gasteiger charge is -2.14. The maximum atomic E-state index is 8.94. The molecule has 1 heterocycles. The Labute approximate surface area is 77.7 Å². The van der Waals surface area contributed by atoms with Gasteiger partial charge in [0.2, 0.25) is 0 Å². The number of nitriles is 1. The summed E-state index contributed by atoms with van der Waals surface area (Å²) >= 11 is 1.76. The van der Waals surface area contributed by atoms with E-state index in [9.17, 15) is 0 Å². The second-order valence-corrected chi connectivity index (χ2v) is 5.02. The SMILES string of the molecule is Cc1cc(C(C)(C)C#N)c(C)s1. The van der Waals surface area contributed by atoms with Crippen LogP contribution in [0.1, 0.15) is 29.2 Å². The third kappa shape index (κ3) is 1.51. The van der Waals surface area contributed by atoms with E-state index in [4.69, 9.17) is 5.26 Å². The van der Waals surface area contributed by atoms with Crippen molar-refractivity contribution in [1.29, 1.82) is 5.26 Å². The highest BCUT2D eigenvalue weighted by Gasteiger charge is 2.23. The largest absolute Gasteiger partial charge is 0.197 e. The van der Waals surface area contributed by atoms with E-state index in [1.54, 1.807) is 11.3 Å². The molecule has 0 aliphatic heterocycles. The van der Waals surface area contributed by atoms with E-state index in [0.29, 0.717) is 0 Å². The predicted octanol–water partition coefficient (Wildman–Crippen LogP) is 3.17. The van der Waals surface area contributed by atoms with Gasteiger partial charge < -0.3 is 0 Å².